The van der Waals surface area contributed by atoms with E-state index in [9.17, 15) is 9.59 Å². The molecule has 1 atom stereocenters. The van der Waals surface area contributed by atoms with Crippen molar-refractivity contribution in [3.63, 3.8) is 0 Å². The molecule has 0 saturated heterocycles. The maximum absolute atomic E-state index is 11.5. The fourth-order valence-electron chi connectivity index (χ4n) is 1.54. The first-order valence-electron chi connectivity index (χ1n) is 6.02. The van der Waals surface area contributed by atoms with Crippen LogP contribution < -0.4 is 10.9 Å². The van der Waals surface area contributed by atoms with Gasteiger partial charge in [0.1, 0.15) is 11.6 Å². The Hall–Kier alpha value is -1.85. The minimum absolute atomic E-state index is 0.00198. The van der Waals surface area contributed by atoms with Crippen LogP contribution in [0, 0.1) is 0 Å². The van der Waals surface area contributed by atoms with Crippen LogP contribution >= 0.6 is 0 Å². The lowest BCUT2D eigenvalue weighted by Crippen LogP contribution is -2.24. The quantitative estimate of drug-likeness (QED) is 0.715. The highest BCUT2D eigenvalue weighted by Gasteiger charge is 2.13. The average molecular weight is 253 g/mol. The van der Waals surface area contributed by atoms with E-state index in [1.54, 1.807) is 0 Å². The van der Waals surface area contributed by atoms with Gasteiger partial charge < -0.3 is 15.4 Å². The number of aromatic nitrogens is 2. The molecular formula is C12H19N3O3. The first-order valence-corrected chi connectivity index (χ1v) is 6.02. The summed E-state index contributed by atoms with van der Waals surface area (Å²) < 4.78 is 0. The van der Waals surface area contributed by atoms with Crippen LogP contribution in [-0.2, 0) is 4.79 Å². The topological polar surface area (TPSA) is 95.1 Å². The Morgan fingerprint density at radius 3 is 2.72 bits per heavy atom. The van der Waals surface area contributed by atoms with Crippen molar-refractivity contribution in [1.82, 2.24) is 9.97 Å². The van der Waals surface area contributed by atoms with Crippen molar-refractivity contribution >= 4 is 11.8 Å². The largest absolute Gasteiger partial charge is 0.481 e. The van der Waals surface area contributed by atoms with Crippen molar-refractivity contribution in [3.05, 3.63) is 22.2 Å². The SMILES string of the molecule is CCC(CC(=O)O)Nc1cc(=O)[nH]c(C(C)C)n1. The second kappa shape index (κ2) is 6.18. The van der Waals surface area contributed by atoms with Crippen LogP contribution in [0.3, 0.4) is 0 Å². The molecular weight excluding hydrogens is 234 g/mol. The fourth-order valence-corrected chi connectivity index (χ4v) is 1.54. The normalized spacial score (nSPS) is 12.4. The highest BCUT2D eigenvalue weighted by molar-refractivity contribution is 5.68. The molecule has 0 spiro atoms. The molecule has 1 aromatic rings. The van der Waals surface area contributed by atoms with Crippen LogP contribution in [0.4, 0.5) is 5.82 Å². The first kappa shape index (κ1) is 14.2. The molecule has 1 aromatic heterocycles. The zero-order valence-corrected chi connectivity index (χ0v) is 10.9. The lowest BCUT2D eigenvalue weighted by molar-refractivity contribution is -0.137. The van der Waals surface area contributed by atoms with Crippen molar-refractivity contribution in [3.8, 4) is 0 Å². The number of H-pyrrole nitrogens is 1. The van der Waals surface area contributed by atoms with Gasteiger partial charge in [-0.2, -0.15) is 0 Å². The van der Waals surface area contributed by atoms with Gasteiger partial charge in [-0.15, -0.1) is 0 Å². The fraction of sp³-hybridized carbons (Fsp3) is 0.583. The Kier molecular flexibility index (Phi) is 4.88. The highest BCUT2D eigenvalue weighted by atomic mass is 16.4. The lowest BCUT2D eigenvalue weighted by atomic mass is 10.1. The summed E-state index contributed by atoms with van der Waals surface area (Å²) in [6.07, 6.45) is 0.653. The minimum atomic E-state index is -0.872. The molecule has 3 N–H and O–H groups in total. The zero-order chi connectivity index (χ0) is 13.7. The molecule has 1 rings (SSSR count). The van der Waals surface area contributed by atoms with E-state index in [1.807, 2.05) is 20.8 Å². The number of carboxylic acids is 1. The van der Waals surface area contributed by atoms with Crippen molar-refractivity contribution in [2.24, 2.45) is 0 Å². The maximum atomic E-state index is 11.5. The number of anilines is 1. The minimum Gasteiger partial charge on any atom is -0.481 e. The maximum Gasteiger partial charge on any atom is 0.305 e. The van der Waals surface area contributed by atoms with Crippen molar-refractivity contribution < 1.29 is 9.90 Å². The molecule has 18 heavy (non-hydrogen) atoms. The number of aliphatic carboxylic acids is 1. The molecule has 0 aliphatic carbocycles. The van der Waals surface area contributed by atoms with Crippen LogP contribution in [0.25, 0.3) is 0 Å². The van der Waals surface area contributed by atoms with Gasteiger partial charge in [0.05, 0.1) is 6.42 Å². The third-order valence-corrected chi connectivity index (χ3v) is 2.57. The molecule has 100 valence electrons. The third-order valence-electron chi connectivity index (χ3n) is 2.57. The van der Waals surface area contributed by atoms with E-state index in [1.165, 1.54) is 6.07 Å². The Morgan fingerprint density at radius 2 is 2.22 bits per heavy atom. The molecule has 0 bridgehead atoms. The molecule has 6 heteroatoms. The number of carboxylic acid groups (broad SMARTS) is 1. The summed E-state index contributed by atoms with van der Waals surface area (Å²) in [5.74, 6) is 0.257. The molecule has 0 fully saturated rings. The van der Waals surface area contributed by atoms with Crippen molar-refractivity contribution in [2.45, 2.75) is 45.6 Å². The molecule has 1 unspecified atom stereocenters. The predicted octanol–water partition coefficient (Wildman–Crippen LogP) is 1.56. The van der Waals surface area contributed by atoms with Crippen LogP contribution in [0.1, 0.15) is 45.4 Å². The Balaban J connectivity index is 2.89. The van der Waals surface area contributed by atoms with Crippen LogP contribution in [0.15, 0.2) is 10.9 Å². The van der Waals surface area contributed by atoms with Crippen LogP contribution in [0.2, 0.25) is 0 Å². The summed E-state index contributed by atoms with van der Waals surface area (Å²) in [6.45, 7) is 5.74. The number of rotatable bonds is 6. The molecule has 0 amide bonds. The van der Waals surface area contributed by atoms with Gasteiger partial charge in [-0.25, -0.2) is 4.98 Å². The van der Waals surface area contributed by atoms with Gasteiger partial charge in [-0.3, -0.25) is 9.59 Å². The van der Waals surface area contributed by atoms with Gasteiger partial charge in [0.2, 0.25) is 0 Å². The van der Waals surface area contributed by atoms with Crippen molar-refractivity contribution in [2.75, 3.05) is 5.32 Å². The molecule has 6 nitrogen and oxygen atoms in total. The number of carbonyl (C=O) groups is 1. The van der Waals surface area contributed by atoms with Crippen LogP contribution in [-0.4, -0.2) is 27.1 Å². The summed E-state index contributed by atoms with van der Waals surface area (Å²) in [6, 6.07) is 1.12. The molecule has 1 heterocycles. The zero-order valence-electron chi connectivity index (χ0n) is 10.9. The van der Waals surface area contributed by atoms with E-state index in [4.69, 9.17) is 5.11 Å². The number of hydrogen-bond donors (Lipinski definition) is 3. The third kappa shape index (κ3) is 4.20. The monoisotopic (exact) mass is 253 g/mol. The van der Waals surface area contributed by atoms with E-state index in [0.29, 0.717) is 18.1 Å². The highest BCUT2D eigenvalue weighted by Crippen LogP contribution is 2.11. The van der Waals surface area contributed by atoms with Gasteiger partial charge >= 0.3 is 5.97 Å². The van der Waals surface area contributed by atoms with E-state index < -0.39 is 5.97 Å². The van der Waals surface area contributed by atoms with Gasteiger partial charge in [0.15, 0.2) is 0 Å². The summed E-state index contributed by atoms with van der Waals surface area (Å²) in [5.41, 5.74) is -0.235. The van der Waals surface area contributed by atoms with Gasteiger partial charge in [-0.1, -0.05) is 20.8 Å². The summed E-state index contributed by atoms with van der Waals surface area (Å²) in [7, 11) is 0. The molecule has 0 aliphatic rings. The Morgan fingerprint density at radius 1 is 1.56 bits per heavy atom. The average Bonchev–Trinajstić information content (AvgIpc) is 2.26. The lowest BCUT2D eigenvalue weighted by Gasteiger charge is -2.16. The van der Waals surface area contributed by atoms with E-state index in [0.717, 1.165) is 0 Å². The Bertz CT molecular complexity index is 468. The second-order valence-electron chi connectivity index (χ2n) is 4.52. The summed E-state index contributed by atoms with van der Waals surface area (Å²) in [4.78, 5) is 29.1. The molecule has 0 aromatic carbocycles. The molecule has 0 saturated carbocycles. The van der Waals surface area contributed by atoms with Crippen molar-refractivity contribution in [1.29, 1.82) is 0 Å². The van der Waals surface area contributed by atoms with Gasteiger partial charge in [0.25, 0.3) is 5.56 Å². The van der Waals surface area contributed by atoms with E-state index in [-0.39, 0.29) is 23.9 Å². The summed E-state index contributed by atoms with van der Waals surface area (Å²) in [5, 5.41) is 11.7. The number of nitrogens with zero attached hydrogens (tertiary/aromatic N) is 1. The number of nitrogens with one attached hydrogen (secondary N) is 2. The smallest absolute Gasteiger partial charge is 0.305 e. The van der Waals surface area contributed by atoms with Gasteiger partial charge in [-0.05, 0) is 6.42 Å². The number of hydrogen-bond acceptors (Lipinski definition) is 4. The first-order chi connectivity index (χ1) is 8.42. The Labute approximate surface area is 105 Å². The van der Waals surface area contributed by atoms with E-state index in [2.05, 4.69) is 15.3 Å². The predicted molar refractivity (Wildman–Crippen MR) is 68.9 cm³/mol. The number of aromatic amines is 1. The standard InChI is InChI=1S/C12H19N3O3/c1-4-8(5-11(17)18)13-9-6-10(16)15-12(14-9)7(2)3/h6-8H,4-5H2,1-3H3,(H,17,18)(H2,13,14,15,16). The van der Waals surface area contributed by atoms with Crippen LogP contribution in [0.5, 0.6) is 0 Å². The molecule has 0 aliphatic heterocycles. The summed E-state index contributed by atoms with van der Waals surface area (Å²) >= 11 is 0. The van der Waals surface area contributed by atoms with E-state index >= 15 is 0 Å². The molecule has 0 radical (unpaired) electrons. The second-order valence-corrected chi connectivity index (χ2v) is 4.52. The van der Waals surface area contributed by atoms with Gasteiger partial charge in [0, 0.05) is 18.0 Å².